The van der Waals surface area contributed by atoms with Crippen LogP contribution >= 0.6 is 0 Å². The average Bonchev–Trinajstić information content (AvgIpc) is 3.49. The molecule has 3 aliphatic heterocycles. The molecule has 3 aliphatic rings. The summed E-state index contributed by atoms with van der Waals surface area (Å²) in [6, 6.07) is 15.4. The van der Waals surface area contributed by atoms with Gasteiger partial charge in [0.2, 0.25) is 0 Å². The number of aromatic nitrogens is 1. The molecule has 0 radical (unpaired) electrons. The largest absolute Gasteiger partial charge is 0.492 e. The molecule has 3 aromatic rings. The summed E-state index contributed by atoms with van der Waals surface area (Å²) in [5.74, 6) is 1.13. The van der Waals surface area contributed by atoms with Gasteiger partial charge in [-0.25, -0.2) is 4.98 Å². The first-order valence-corrected chi connectivity index (χ1v) is 14.2. The van der Waals surface area contributed by atoms with Crippen molar-refractivity contribution in [2.24, 2.45) is 0 Å². The number of pyridine rings is 1. The number of fused-ring (bicyclic) bond motifs is 2. The molecule has 2 aromatic carbocycles. The van der Waals surface area contributed by atoms with Crippen LogP contribution < -0.4 is 19.9 Å². The Labute approximate surface area is 240 Å². The first kappa shape index (κ1) is 27.0. The number of likely N-dealkylation sites (tertiary alicyclic amines) is 1. The van der Waals surface area contributed by atoms with E-state index >= 15 is 0 Å². The van der Waals surface area contributed by atoms with Crippen LogP contribution in [0, 0.1) is 0 Å². The summed E-state index contributed by atoms with van der Waals surface area (Å²) in [6.45, 7) is 7.22. The Kier molecular flexibility index (Phi) is 7.51. The van der Waals surface area contributed by atoms with Gasteiger partial charge < -0.3 is 29.5 Å². The topological polar surface area (TPSA) is 90.5 Å². The molecule has 0 spiro atoms. The Morgan fingerprint density at radius 2 is 1.83 bits per heavy atom. The lowest BCUT2D eigenvalue weighted by Gasteiger charge is -2.32. The fraction of sp³-hybridized carbons (Fsp3) is 0.387. The van der Waals surface area contributed by atoms with Crippen molar-refractivity contribution in [1.82, 2.24) is 14.8 Å². The zero-order valence-electron chi connectivity index (χ0n) is 23.8. The van der Waals surface area contributed by atoms with Crippen LogP contribution in [-0.2, 0) is 4.74 Å². The highest BCUT2D eigenvalue weighted by Gasteiger charge is 2.32. The summed E-state index contributed by atoms with van der Waals surface area (Å²) >= 11 is 0. The van der Waals surface area contributed by atoms with Crippen molar-refractivity contribution in [1.29, 1.82) is 0 Å². The molecule has 2 saturated heterocycles. The van der Waals surface area contributed by atoms with Crippen molar-refractivity contribution >= 4 is 40.4 Å². The molecule has 2 fully saturated rings. The summed E-state index contributed by atoms with van der Waals surface area (Å²) in [6.07, 6.45) is 2.68. The Bertz CT molecular complexity index is 1460. The van der Waals surface area contributed by atoms with Gasteiger partial charge in [-0.05, 0) is 43.7 Å². The lowest BCUT2D eigenvalue weighted by Crippen LogP contribution is -2.45. The predicted molar refractivity (Wildman–Crippen MR) is 159 cm³/mol. The number of para-hydroxylation sites is 1. The highest BCUT2D eigenvalue weighted by molar-refractivity contribution is 6.13. The second-order valence-corrected chi connectivity index (χ2v) is 10.6. The van der Waals surface area contributed by atoms with Crippen LogP contribution in [-0.4, -0.2) is 92.7 Å². The van der Waals surface area contributed by atoms with Gasteiger partial charge in [0.05, 0.1) is 54.3 Å². The molecule has 41 heavy (non-hydrogen) atoms. The molecule has 214 valence electrons. The van der Waals surface area contributed by atoms with E-state index in [0.717, 1.165) is 57.2 Å². The van der Waals surface area contributed by atoms with Gasteiger partial charge in [-0.15, -0.1) is 0 Å². The number of anilines is 5. The second-order valence-electron chi connectivity index (χ2n) is 10.6. The molecule has 4 heterocycles. The van der Waals surface area contributed by atoms with Crippen LogP contribution in [0.25, 0.3) is 0 Å². The molecular weight excluding hydrogens is 520 g/mol. The van der Waals surface area contributed by atoms with Crippen molar-refractivity contribution in [3.05, 3.63) is 65.9 Å². The van der Waals surface area contributed by atoms with Crippen LogP contribution in [0.4, 0.5) is 28.6 Å². The smallest absolute Gasteiger partial charge is 0.260 e. The minimum atomic E-state index is -0.0816. The minimum Gasteiger partial charge on any atom is -0.492 e. The maximum atomic E-state index is 13.4. The lowest BCUT2D eigenvalue weighted by molar-refractivity contribution is 0.0185. The van der Waals surface area contributed by atoms with Crippen molar-refractivity contribution in [3.63, 3.8) is 0 Å². The molecule has 1 aromatic heterocycles. The van der Waals surface area contributed by atoms with E-state index in [9.17, 15) is 9.59 Å². The zero-order valence-corrected chi connectivity index (χ0v) is 23.8. The zero-order chi connectivity index (χ0) is 28.5. The molecule has 0 aliphatic carbocycles. The van der Waals surface area contributed by atoms with Gasteiger partial charge in [-0.2, -0.15) is 0 Å². The Balaban J connectivity index is 1.23. The molecule has 10 heteroatoms. The number of carbonyl (C=O) groups excluding carboxylic acids is 2. The maximum Gasteiger partial charge on any atom is 0.260 e. The number of benzene rings is 2. The van der Waals surface area contributed by atoms with E-state index in [-0.39, 0.29) is 11.8 Å². The Morgan fingerprint density at radius 3 is 2.63 bits per heavy atom. The van der Waals surface area contributed by atoms with Crippen LogP contribution in [0.1, 0.15) is 34.1 Å². The van der Waals surface area contributed by atoms with Crippen molar-refractivity contribution in [2.75, 3.05) is 75.2 Å². The van der Waals surface area contributed by atoms with Crippen molar-refractivity contribution < 1.29 is 19.1 Å². The van der Waals surface area contributed by atoms with E-state index in [0.29, 0.717) is 46.7 Å². The molecule has 10 nitrogen and oxygen atoms in total. The van der Waals surface area contributed by atoms with Crippen molar-refractivity contribution in [2.45, 2.75) is 19.4 Å². The van der Waals surface area contributed by atoms with Gasteiger partial charge in [0.25, 0.3) is 11.8 Å². The monoisotopic (exact) mass is 556 g/mol. The third kappa shape index (κ3) is 5.20. The molecule has 0 bridgehead atoms. The second kappa shape index (κ2) is 11.4. The number of hydrogen-bond acceptors (Lipinski definition) is 8. The van der Waals surface area contributed by atoms with Gasteiger partial charge in [0, 0.05) is 57.9 Å². The highest BCUT2D eigenvalue weighted by atomic mass is 16.5. The van der Waals surface area contributed by atoms with E-state index < -0.39 is 0 Å². The summed E-state index contributed by atoms with van der Waals surface area (Å²) in [7, 11) is 3.71. The Hall–Kier alpha value is -4.15. The number of rotatable bonds is 6. The fourth-order valence-electron chi connectivity index (χ4n) is 5.92. The predicted octanol–water partition coefficient (Wildman–Crippen LogP) is 4.13. The molecule has 6 rings (SSSR count). The third-order valence-corrected chi connectivity index (χ3v) is 8.19. The third-order valence-electron chi connectivity index (χ3n) is 8.19. The number of amides is 2. The standard InChI is InChI=1S/C31H36N6O4/c1-4-41-28-17-21(30(38)37-12-11-22(20-37)36-13-15-40-16-14-36)9-10-24(28)33-29-18-26-27(19-32-29)35(3)31(39)23-7-5-6-8-25(23)34(26)2/h5-10,17-19,22H,4,11-16,20H2,1-3H3,(H,32,33)/t22-/m1/s1. The number of morpholine rings is 1. The number of ether oxygens (including phenoxy) is 2. The van der Waals surface area contributed by atoms with E-state index in [1.54, 1.807) is 18.1 Å². The SMILES string of the molecule is CCOc1cc(C(=O)N2CC[C@@H](N3CCOCC3)C2)ccc1Nc1cc2c(cn1)N(C)C(=O)c1ccccc1N2C. The van der Waals surface area contributed by atoms with E-state index in [1.807, 2.05) is 72.3 Å². The van der Waals surface area contributed by atoms with E-state index in [4.69, 9.17) is 9.47 Å². The average molecular weight is 557 g/mol. The number of hydrogen-bond donors (Lipinski definition) is 1. The van der Waals surface area contributed by atoms with Crippen LogP contribution in [0.5, 0.6) is 5.75 Å². The normalized spacial score (nSPS) is 19.0. The van der Waals surface area contributed by atoms with Gasteiger partial charge in [-0.1, -0.05) is 12.1 Å². The summed E-state index contributed by atoms with van der Waals surface area (Å²) in [4.78, 5) is 39.2. The summed E-state index contributed by atoms with van der Waals surface area (Å²) < 4.78 is 11.5. The number of nitrogens with zero attached hydrogens (tertiary/aromatic N) is 5. The van der Waals surface area contributed by atoms with Gasteiger partial charge in [0.1, 0.15) is 11.6 Å². The minimum absolute atomic E-state index is 0.0180. The van der Waals surface area contributed by atoms with Gasteiger partial charge >= 0.3 is 0 Å². The summed E-state index contributed by atoms with van der Waals surface area (Å²) in [5, 5.41) is 3.37. The van der Waals surface area contributed by atoms with Crippen LogP contribution in [0.15, 0.2) is 54.7 Å². The van der Waals surface area contributed by atoms with E-state index in [2.05, 4.69) is 15.2 Å². The van der Waals surface area contributed by atoms with Crippen molar-refractivity contribution in [3.8, 4) is 5.75 Å². The number of carbonyl (C=O) groups is 2. The lowest BCUT2D eigenvalue weighted by atomic mass is 10.1. The highest BCUT2D eigenvalue weighted by Crippen LogP contribution is 2.40. The molecule has 0 unspecified atom stereocenters. The first-order chi connectivity index (χ1) is 19.9. The van der Waals surface area contributed by atoms with Gasteiger partial charge in [-0.3, -0.25) is 14.5 Å². The quantitative estimate of drug-likeness (QED) is 0.485. The van der Waals surface area contributed by atoms with Gasteiger partial charge in [0.15, 0.2) is 0 Å². The summed E-state index contributed by atoms with van der Waals surface area (Å²) in [5.41, 5.74) is 4.34. The molecule has 1 N–H and O–H groups in total. The molecule has 2 amide bonds. The molecular formula is C31H36N6O4. The van der Waals surface area contributed by atoms with Crippen LogP contribution in [0.3, 0.4) is 0 Å². The van der Waals surface area contributed by atoms with E-state index in [1.165, 1.54) is 0 Å². The Morgan fingerprint density at radius 1 is 1.02 bits per heavy atom. The molecule has 0 saturated carbocycles. The molecule has 1 atom stereocenters. The number of nitrogens with one attached hydrogen (secondary N) is 1. The first-order valence-electron chi connectivity index (χ1n) is 14.2. The maximum absolute atomic E-state index is 13.4. The van der Waals surface area contributed by atoms with Crippen LogP contribution in [0.2, 0.25) is 0 Å². The fourth-order valence-corrected chi connectivity index (χ4v) is 5.92.